The van der Waals surface area contributed by atoms with Gasteiger partial charge in [0.05, 0.1) is 6.54 Å². The lowest BCUT2D eigenvalue weighted by molar-refractivity contribution is -0.116. The maximum absolute atomic E-state index is 12.4. The minimum absolute atomic E-state index is 0.00312. The van der Waals surface area contributed by atoms with Crippen molar-refractivity contribution in [2.24, 2.45) is 0 Å². The minimum atomic E-state index is -0.209. The Morgan fingerprint density at radius 3 is 2.00 bits per heavy atom. The maximum atomic E-state index is 12.4. The Hall–Kier alpha value is -3.35. The van der Waals surface area contributed by atoms with Crippen molar-refractivity contribution in [1.29, 1.82) is 0 Å². The minimum Gasteiger partial charge on any atom is -0.376 e. The van der Waals surface area contributed by atoms with E-state index >= 15 is 0 Å². The first-order chi connectivity index (χ1) is 15.5. The molecule has 7 heteroatoms. The lowest BCUT2D eigenvalue weighted by Gasteiger charge is -2.18. The molecule has 172 valence electrons. The summed E-state index contributed by atoms with van der Waals surface area (Å²) in [6.07, 6.45) is 3.47. The van der Waals surface area contributed by atoms with Crippen LogP contribution in [0, 0.1) is 0 Å². The van der Waals surface area contributed by atoms with Crippen LogP contribution in [-0.4, -0.2) is 42.3 Å². The fourth-order valence-electron chi connectivity index (χ4n) is 3.25. The smallest absolute Gasteiger partial charge is 0.253 e. The number of carbonyl (C=O) groups is 3. The van der Waals surface area contributed by atoms with Crippen LogP contribution in [0.25, 0.3) is 0 Å². The third-order valence-corrected chi connectivity index (χ3v) is 5.07. The summed E-state index contributed by atoms with van der Waals surface area (Å²) in [5.41, 5.74) is 2.65. The molecule has 3 N–H and O–H groups in total. The quantitative estimate of drug-likeness (QED) is 0.418. The van der Waals surface area contributed by atoms with Crippen LogP contribution in [0.4, 0.5) is 17.1 Å². The summed E-state index contributed by atoms with van der Waals surface area (Å²) in [4.78, 5) is 38.4. The number of nitrogens with one attached hydrogen (secondary N) is 3. The highest BCUT2D eigenvalue weighted by molar-refractivity contribution is 5.96. The van der Waals surface area contributed by atoms with Gasteiger partial charge in [-0.15, -0.1) is 0 Å². The van der Waals surface area contributed by atoms with Gasteiger partial charge in [-0.1, -0.05) is 25.8 Å². The molecule has 32 heavy (non-hydrogen) atoms. The van der Waals surface area contributed by atoms with Crippen molar-refractivity contribution in [2.45, 2.75) is 46.5 Å². The number of amides is 3. The van der Waals surface area contributed by atoms with Crippen LogP contribution in [0.3, 0.4) is 0 Å². The third kappa shape index (κ3) is 8.06. The van der Waals surface area contributed by atoms with Gasteiger partial charge in [0.1, 0.15) is 0 Å². The number of rotatable bonds is 12. The van der Waals surface area contributed by atoms with Crippen molar-refractivity contribution in [3.05, 3.63) is 54.1 Å². The molecular weight excluding hydrogens is 404 g/mol. The third-order valence-electron chi connectivity index (χ3n) is 5.07. The molecule has 0 aliphatic heterocycles. The van der Waals surface area contributed by atoms with E-state index in [2.05, 4.69) is 22.9 Å². The van der Waals surface area contributed by atoms with E-state index in [-0.39, 0.29) is 24.3 Å². The lowest BCUT2D eigenvalue weighted by Crippen LogP contribution is -2.30. The van der Waals surface area contributed by atoms with E-state index in [4.69, 9.17) is 0 Å². The summed E-state index contributed by atoms with van der Waals surface area (Å²) in [7, 11) is 0. The summed E-state index contributed by atoms with van der Waals surface area (Å²) in [5, 5.41) is 8.75. The largest absolute Gasteiger partial charge is 0.376 e. The highest BCUT2D eigenvalue weighted by Crippen LogP contribution is 2.16. The fraction of sp³-hybridized carbons (Fsp3) is 0.400. The van der Waals surface area contributed by atoms with Gasteiger partial charge in [0, 0.05) is 42.1 Å². The predicted octanol–water partition coefficient (Wildman–Crippen LogP) is 4.74. The molecule has 0 saturated heterocycles. The molecule has 0 radical (unpaired) electrons. The number of unbranched alkanes of at least 4 members (excludes halogenated alkanes) is 2. The highest BCUT2D eigenvalue weighted by Gasteiger charge is 2.12. The van der Waals surface area contributed by atoms with Crippen molar-refractivity contribution in [1.82, 2.24) is 4.90 Å². The van der Waals surface area contributed by atoms with Crippen LogP contribution in [-0.2, 0) is 9.59 Å². The Morgan fingerprint density at radius 1 is 0.781 bits per heavy atom. The molecule has 3 amide bonds. The van der Waals surface area contributed by atoms with Gasteiger partial charge >= 0.3 is 0 Å². The molecule has 0 bridgehead atoms. The first-order valence-corrected chi connectivity index (χ1v) is 11.3. The van der Waals surface area contributed by atoms with E-state index in [1.807, 2.05) is 13.8 Å². The first-order valence-electron chi connectivity index (χ1n) is 11.3. The van der Waals surface area contributed by atoms with Crippen molar-refractivity contribution in [3.8, 4) is 0 Å². The molecule has 0 heterocycles. The van der Waals surface area contributed by atoms with Gasteiger partial charge in [-0.2, -0.15) is 0 Å². The SMILES string of the molecule is CCCCCC(=O)Nc1cccc(NC(=O)CNc2ccc(C(=O)N(CC)CC)cc2)c1. The second-order valence-electron chi connectivity index (χ2n) is 7.54. The van der Waals surface area contributed by atoms with E-state index in [9.17, 15) is 14.4 Å². The highest BCUT2D eigenvalue weighted by atomic mass is 16.2. The summed E-state index contributed by atoms with van der Waals surface area (Å²) in [6.45, 7) is 7.41. The van der Waals surface area contributed by atoms with E-state index < -0.39 is 0 Å². The van der Waals surface area contributed by atoms with Gasteiger partial charge in [0.2, 0.25) is 11.8 Å². The Bertz CT molecular complexity index is 892. The number of carbonyl (C=O) groups excluding carboxylic acids is 3. The molecular formula is C25H34N4O3. The molecule has 7 nitrogen and oxygen atoms in total. The topological polar surface area (TPSA) is 90.5 Å². The summed E-state index contributed by atoms with van der Waals surface area (Å²) in [6, 6.07) is 14.2. The average Bonchev–Trinajstić information content (AvgIpc) is 2.79. The van der Waals surface area contributed by atoms with Crippen molar-refractivity contribution >= 4 is 34.8 Å². The van der Waals surface area contributed by atoms with Crippen molar-refractivity contribution < 1.29 is 14.4 Å². The molecule has 0 spiro atoms. The Morgan fingerprint density at radius 2 is 1.41 bits per heavy atom. The molecule has 2 aromatic carbocycles. The zero-order valence-electron chi connectivity index (χ0n) is 19.2. The molecule has 0 unspecified atom stereocenters. The maximum Gasteiger partial charge on any atom is 0.253 e. The Labute approximate surface area is 190 Å². The van der Waals surface area contributed by atoms with E-state index in [1.165, 1.54) is 0 Å². The summed E-state index contributed by atoms with van der Waals surface area (Å²) < 4.78 is 0. The van der Waals surface area contributed by atoms with Gasteiger partial charge in [-0.25, -0.2) is 0 Å². The molecule has 0 saturated carbocycles. The van der Waals surface area contributed by atoms with Gasteiger partial charge < -0.3 is 20.9 Å². The number of nitrogens with zero attached hydrogens (tertiary/aromatic N) is 1. The van der Waals surface area contributed by atoms with E-state index in [0.717, 1.165) is 24.9 Å². The van der Waals surface area contributed by atoms with E-state index in [0.29, 0.717) is 36.4 Å². The lowest BCUT2D eigenvalue weighted by atomic mass is 10.1. The molecule has 2 rings (SSSR count). The number of hydrogen-bond acceptors (Lipinski definition) is 4. The van der Waals surface area contributed by atoms with Gasteiger partial charge in [0.15, 0.2) is 0 Å². The van der Waals surface area contributed by atoms with Gasteiger partial charge in [-0.05, 0) is 62.7 Å². The number of benzene rings is 2. The van der Waals surface area contributed by atoms with Crippen LogP contribution >= 0.6 is 0 Å². The van der Waals surface area contributed by atoms with Crippen molar-refractivity contribution in [2.75, 3.05) is 35.6 Å². The van der Waals surface area contributed by atoms with Crippen LogP contribution in [0.2, 0.25) is 0 Å². The van der Waals surface area contributed by atoms with Crippen LogP contribution < -0.4 is 16.0 Å². The van der Waals surface area contributed by atoms with E-state index in [1.54, 1.807) is 53.4 Å². The Kier molecular flexibility index (Phi) is 10.2. The molecule has 0 atom stereocenters. The monoisotopic (exact) mass is 438 g/mol. The van der Waals surface area contributed by atoms with Crippen LogP contribution in [0.1, 0.15) is 56.8 Å². The molecule has 0 fully saturated rings. The summed E-state index contributed by atoms with van der Waals surface area (Å²) >= 11 is 0. The average molecular weight is 439 g/mol. The Balaban J connectivity index is 1.84. The molecule has 0 aliphatic carbocycles. The molecule has 0 aliphatic rings. The zero-order valence-corrected chi connectivity index (χ0v) is 19.2. The molecule has 2 aromatic rings. The normalized spacial score (nSPS) is 10.3. The van der Waals surface area contributed by atoms with Gasteiger partial charge in [-0.3, -0.25) is 14.4 Å². The zero-order chi connectivity index (χ0) is 23.3. The fourth-order valence-corrected chi connectivity index (χ4v) is 3.25. The van der Waals surface area contributed by atoms with Crippen molar-refractivity contribution in [3.63, 3.8) is 0 Å². The molecule has 0 aromatic heterocycles. The number of hydrogen-bond donors (Lipinski definition) is 3. The first kappa shape index (κ1) is 24.9. The van der Waals surface area contributed by atoms with Crippen LogP contribution in [0.5, 0.6) is 0 Å². The van der Waals surface area contributed by atoms with Gasteiger partial charge in [0.25, 0.3) is 5.91 Å². The summed E-state index contributed by atoms with van der Waals surface area (Å²) in [5.74, 6) is -0.233. The second kappa shape index (κ2) is 13.1. The predicted molar refractivity (Wildman–Crippen MR) is 130 cm³/mol. The second-order valence-corrected chi connectivity index (χ2v) is 7.54. The van der Waals surface area contributed by atoms with Crippen LogP contribution in [0.15, 0.2) is 48.5 Å². The number of anilines is 3. The standard InChI is InChI=1S/C25H34N4O3/c1-4-7-8-12-23(30)27-21-10-9-11-22(17-21)28-24(31)18-26-20-15-13-19(14-16-20)25(32)29(5-2)6-3/h9-11,13-17,26H,4-8,12,18H2,1-3H3,(H,27,30)(H,28,31).